The third-order valence-corrected chi connectivity index (χ3v) is 3.89. The largest absolute Gasteiger partial charge is 0.126 e. The van der Waals surface area contributed by atoms with Crippen molar-refractivity contribution in [2.75, 3.05) is 5.88 Å². The summed E-state index contributed by atoms with van der Waals surface area (Å²) in [5.41, 5.74) is 1.27. The maximum Gasteiger partial charge on any atom is 0.0408 e. The molecule has 90 valence electrons. The normalized spacial score (nSPS) is 13.1. The van der Waals surface area contributed by atoms with Crippen LogP contribution < -0.4 is 0 Å². The minimum absolute atomic E-state index is 0.435. The van der Waals surface area contributed by atoms with Crippen LogP contribution in [0, 0.1) is 5.92 Å². The van der Waals surface area contributed by atoms with Crippen LogP contribution in [0.1, 0.15) is 44.6 Å². The quantitative estimate of drug-likeness (QED) is 0.592. The molecule has 0 nitrogen and oxygen atoms in total. The van der Waals surface area contributed by atoms with Crippen LogP contribution in [0.25, 0.3) is 0 Å². The second kappa shape index (κ2) is 7.19. The Hall–Kier alpha value is -0.200. The molecule has 1 unspecified atom stereocenters. The highest BCUT2D eigenvalue weighted by molar-refractivity contribution is 6.30. The Labute approximate surface area is 109 Å². The average Bonchev–Trinajstić information content (AvgIpc) is 2.31. The third kappa shape index (κ3) is 3.99. The van der Waals surface area contributed by atoms with Crippen molar-refractivity contribution < 1.29 is 0 Å². The lowest BCUT2D eigenvalue weighted by molar-refractivity contribution is 0.424. The van der Waals surface area contributed by atoms with Crippen molar-refractivity contribution in [2.24, 2.45) is 5.92 Å². The topological polar surface area (TPSA) is 0 Å². The van der Waals surface area contributed by atoms with Crippen LogP contribution in [0.5, 0.6) is 0 Å². The van der Waals surface area contributed by atoms with E-state index in [2.05, 4.69) is 19.9 Å². The molecule has 0 fully saturated rings. The zero-order valence-electron chi connectivity index (χ0n) is 10.0. The van der Waals surface area contributed by atoms with E-state index in [9.17, 15) is 0 Å². The van der Waals surface area contributed by atoms with Gasteiger partial charge in [0.1, 0.15) is 0 Å². The maximum absolute atomic E-state index is 6.07. The van der Waals surface area contributed by atoms with Crippen LogP contribution in [0.15, 0.2) is 24.3 Å². The van der Waals surface area contributed by atoms with Gasteiger partial charge in [-0.15, -0.1) is 11.6 Å². The molecule has 1 aromatic rings. The molecule has 16 heavy (non-hydrogen) atoms. The Morgan fingerprint density at radius 2 is 1.88 bits per heavy atom. The molecule has 1 atom stereocenters. The van der Waals surface area contributed by atoms with Gasteiger partial charge in [0.15, 0.2) is 0 Å². The average molecular weight is 259 g/mol. The molecule has 0 spiro atoms. The van der Waals surface area contributed by atoms with Crippen LogP contribution in [0.2, 0.25) is 5.02 Å². The summed E-state index contributed by atoms with van der Waals surface area (Å²) in [5.74, 6) is 1.88. The van der Waals surface area contributed by atoms with Crippen molar-refractivity contribution >= 4 is 23.2 Å². The van der Waals surface area contributed by atoms with Crippen molar-refractivity contribution in [3.63, 3.8) is 0 Å². The number of hydrogen-bond acceptors (Lipinski definition) is 0. The van der Waals surface area contributed by atoms with E-state index in [1.807, 2.05) is 18.2 Å². The van der Waals surface area contributed by atoms with E-state index in [4.69, 9.17) is 23.2 Å². The minimum Gasteiger partial charge on any atom is -0.126 e. The van der Waals surface area contributed by atoms with E-state index in [1.165, 1.54) is 18.4 Å². The lowest BCUT2D eigenvalue weighted by atomic mass is 9.87. The van der Waals surface area contributed by atoms with Gasteiger partial charge < -0.3 is 0 Å². The van der Waals surface area contributed by atoms with Gasteiger partial charge in [-0.1, -0.05) is 50.4 Å². The Bertz CT molecular complexity index is 305. The third-order valence-electron chi connectivity index (χ3n) is 3.28. The molecule has 0 saturated heterocycles. The Morgan fingerprint density at radius 1 is 1.19 bits per heavy atom. The van der Waals surface area contributed by atoms with Crippen molar-refractivity contribution in [3.05, 3.63) is 34.9 Å². The molecule has 1 aromatic carbocycles. The summed E-state index contributed by atoms with van der Waals surface area (Å²) in [7, 11) is 0. The number of rotatable bonds is 6. The summed E-state index contributed by atoms with van der Waals surface area (Å²) < 4.78 is 0. The highest BCUT2D eigenvalue weighted by atomic mass is 35.5. The van der Waals surface area contributed by atoms with Crippen molar-refractivity contribution in [3.8, 4) is 0 Å². The monoisotopic (exact) mass is 258 g/mol. The van der Waals surface area contributed by atoms with Crippen molar-refractivity contribution in [1.82, 2.24) is 0 Å². The summed E-state index contributed by atoms with van der Waals surface area (Å²) in [6.07, 6.45) is 3.62. The predicted molar refractivity (Wildman–Crippen MR) is 73.6 cm³/mol. The highest BCUT2D eigenvalue weighted by Crippen LogP contribution is 2.29. The fourth-order valence-electron chi connectivity index (χ4n) is 2.07. The highest BCUT2D eigenvalue weighted by Gasteiger charge is 2.15. The lowest BCUT2D eigenvalue weighted by Crippen LogP contribution is -2.08. The summed E-state index contributed by atoms with van der Waals surface area (Å²) in [4.78, 5) is 0. The van der Waals surface area contributed by atoms with Gasteiger partial charge in [0.25, 0.3) is 0 Å². The molecule has 1 rings (SSSR count). The first kappa shape index (κ1) is 13.9. The van der Waals surface area contributed by atoms with Crippen LogP contribution >= 0.6 is 23.2 Å². The van der Waals surface area contributed by atoms with E-state index in [-0.39, 0.29) is 0 Å². The van der Waals surface area contributed by atoms with Crippen molar-refractivity contribution in [2.45, 2.75) is 39.0 Å². The predicted octanol–water partition coefficient (Wildman–Crippen LogP) is 5.49. The molecule has 0 aliphatic heterocycles. The summed E-state index contributed by atoms with van der Waals surface area (Å²) in [6.45, 7) is 4.49. The SMILES string of the molecule is CCC(CC)CC(CCl)c1cccc(Cl)c1. The van der Waals surface area contributed by atoms with Gasteiger partial charge in [0, 0.05) is 10.9 Å². The molecular formula is C14H20Cl2. The molecule has 0 aliphatic rings. The number of alkyl halides is 1. The summed E-state index contributed by atoms with van der Waals surface area (Å²) in [5, 5.41) is 0.803. The number of hydrogen-bond donors (Lipinski definition) is 0. The van der Waals surface area contributed by atoms with Gasteiger partial charge in [-0.25, -0.2) is 0 Å². The van der Waals surface area contributed by atoms with E-state index < -0.39 is 0 Å². The molecule has 0 saturated carbocycles. The number of halogens is 2. The van der Waals surface area contributed by atoms with E-state index in [1.54, 1.807) is 0 Å². The first-order chi connectivity index (χ1) is 7.71. The van der Waals surface area contributed by atoms with Crippen LogP contribution in [0.4, 0.5) is 0 Å². The molecule has 0 aromatic heterocycles. The molecule has 0 bridgehead atoms. The van der Waals surface area contributed by atoms with Gasteiger partial charge in [-0.2, -0.15) is 0 Å². The Kier molecular flexibility index (Phi) is 6.23. The Balaban J connectivity index is 2.74. The summed E-state index contributed by atoms with van der Waals surface area (Å²) in [6, 6.07) is 8.08. The molecule has 0 aliphatic carbocycles. The van der Waals surface area contributed by atoms with Crippen molar-refractivity contribution in [1.29, 1.82) is 0 Å². The molecular weight excluding hydrogens is 239 g/mol. The zero-order valence-corrected chi connectivity index (χ0v) is 11.6. The smallest absolute Gasteiger partial charge is 0.0408 e. The number of benzene rings is 1. The van der Waals surface area contributed by atoms with Crippen LogP contribution in [-0.2, 0) is 0 Å². The standard InChI is InChI=1S/C14H20Cl2/c1-3-11(4-2)8-13(10-15)12-6-5-7-14(16)9-12/h5-7,9,11,13H,3-4,8,10H2,1-2H3. The van der Waals surface area contributed by atoms with Gasteiger partial charge in [0.2, 0.25) is 0 Å². The van der Waals surface area contributed by atoms with E-state index in [0.29, 0.717) is 11.8 Å². The second-order valence-electron chi connectivity index (χ2n) is 4.32. The van der Waals surface area contributed by atoms with Crippen LogP contribution in [-0.4, -0.2) is 5.88 Å². The fourth-order valence-corrected chi connectivity index (χ4v) is 2.58. The zero-order chi connectivity index (χ0) is 12.0. The first-order valence-electron chi connectivity index (χ1n) is 6.02. The minimum atomic E-state index is 0.435. The molecule has 0 heterocycles. The molecule has 0 radical (unpaired) electrons. The first-order valence-corrected chi connectivity index (χ1v) is 6.93. The van der Waals surface area contributed by atoms with Gasteiger partial charge in [-0.05, 0) is 36.0 Å². The van der Waals surface area contributed by atoms with E-state index in [0.717, 1.165) is 17.4 Å². The molecule has 2 heteroatoms. The van der Waals surface area contributed by atoms with Gasteiger partial charge in [0.05, 0.1) is 0 Å². The second-order valence-corrected chi connectivity index (χ2v) is 5.07. The van der Waals surface area contributed by atoms with Crippen LogP contribution in [0.3, 0.4) is 0 Å². The fraction of sp³-hybridized carbons (Fsp3) is 0.571. The summed E-state index contributed by atoms with van der Waals surface area (Å²) >= 11 is 12.1. The van der Waals surface area contributed by atoms with Gasteiger partial charge >= 0.3 is 0 Å². The van der Waals surface area contributed by atoms with Gasteiger partial charge in [-0.3, -0.25) is 0 Å². The maximum atomic E-state index is 6.07. The van der Waals surface area contributed by atoms with E-state index >= 15 is 0 Å². The molecule has 0 amide bonds. The molecule has 0 N–H and O–H groups in total. The Morgan fingerprint density at radius 3 is 2.38 bits per heavy atom. The lowest BCUT2D eigenvalue weighted by Gasteiger charge is -2.20.